The van der Waals surface area contributed by atoms with Crippen molar-refractivity contribution in [1.82, 2.24) is 0 Å². The van der Waals surface area contributed by atoms with Gasteiger partial charge in [0.1, 0.15) is 17.3 Å². The third-order valence-corrected chi connectivity index (χ3v) is 2.83. The summed E-state index contributed by atoms with van der Waals surface area (Å²) in [5.41, 5.74) is -1.08. The number of rotatable bonds is 2. The first-order valence-electron chi connectivity index (χ1n) is 5.29. The summed E-state index contributed by atoms with van der Waals surface area (Å²) >= 11 is 2.89. The second kappa shape index (κ2) is 5.62. The predicted molar refractivity (Wildman–Crippen MR) is 68.4 cm³/mol. The normalized spacial score (nSPS) is 10.4. The highest BCUT2D eigenvalue weighted by Gasteiger charge is 2.16. The lowest BCUT2D eigenvalue weighted by molar-refractivity contribution is 0.102. The largest absolute Gasteiger partial charge is 0.317 e. The van der Waals surface area contributed by atoms with Crippen LogP contribution in [0.25, 0.3) is 0 Å². The van der Waals surface area contributed by atoms with Crippen molar-refractivity contribution >= 4 is 27.5 Å². The fraction of sp³-hybridized carbons (Fsp3) is 0. The summed E-state index contributed by atoms with van der Waals surface area (Å²) < 4.78 is 53.1. The van der Waals surface area contributed by atoms with Gasteiger partial charge in [-0.25, -0.2) is 17.6 Å². The maximum Gasteiger partial charge on any atom is 0.256 e. The molecule has 0 radical (unpaired) electrons. The fourth-order valence-corrected chi connectivity index (χ4v) is 1.93. The van der Waals surface area contributed by atoms with E-state index in [1.807, 2.05) is 5.32 Å². The Bertz CT molecular complexity index is 647. The summed E-state index contributed by atoms with van der Waals surface area (Å²) in [6.45, 7) is 0. The molecule has 0 aliphatic carbocycles. The van der Waals surface area contributed by atoms with Gasteiger partial charge in [-0.15, -0.1) is 0 Å². The first kappa shape index (κ1) is 14.5. The van der Waals surface area contributed by atoms with E-state index in [9.17, 15) is 22.4 Å². The molecule has 0 aliphatic rings. The average Bonchev–Trinajstić information content (AvgIpc) is 2.32. The van der Waals surface area contributed by atoms with Gasteiger partial charge in [-0.2, -0.15) is 0 Å². The van der Waals surface area contributed by atoms with E-state index in [1.165, 1.54) is 0 Å². The van der Waals surface area contributed by atoms with Gasteiger partial charge in [0, 0.05) is 16.1 Å². The standard InChI is InChI=1S/C13H6BrF4NO/c14-7-3-10(17)12(11(18)4-7)19-13(20)6-1-8(15)5-9(16)2-6/h1-5H,(H,19,20). The average molecular weight is 348 g/mol. The minimum atomic E-state index is -1.02. The first-order valence-corrected chi connectivity index (χ1v) is 6.08. The molecular formula is C13H6BrF4NO. The Labute approximate surface area is 119 Å². The Hall–Kier alpha value is -1.89. The first-order chi connectivity index (χ1) is 9.36. The highest BCUT2D eigenvalue weighted by molar-refractivity contribution is 9.10. The molecule has 0 bridgehead atoms. The summed E-state index contributed by atoms with van der Waals surface area (Å²) in [7, 11) is 0. The Kier molecular flexibility index (Phi) is 4.08. The molecule has 104 valence electrons. The Morgan fingerprint density at radius 2 is 1.40 bits per heavy atom. The van der Waals surface area contributed by atoms with E-state index in [0.717, 1.165) is 24.3 Å². The van der Waals surface area contributed by atoms with Gasteiger partial charge in [0.2, 0.25) is 0 Å². The van der Waals surface area contributed by atoms with Gasteiger partial charge in [0.25, 0.3) is 5.91 Å². The molecule has 0 heterocycles. The van der Waals surface area contributed by atoms with Gasteiger partial charge in [0.15, 0.2) is 11.6 Å². The second-order valence-electron chi connectivity index (χ2n) is 3.86. The molecule has 0 fully saturated rings. The fourth-order valence-electron chi connectivity index (χ4n) is 1.53. The van der Waals surface area contributed by atoms with Crippen LogP contribution >= 0.6 is 15.9 Å². The van der Waals surface area contributed by atoms with Crippen LogP contribution in [0.4, 0.5) is 23.2 Å². The van der Waals surface area contributed by atoms with Crippen LogP contribution < -0.4 is 5.32 Å². The van der Waals surface area contributed by atoms with Crippen molar-refractivity contribution in [2.45, 2.75) is 0 Å². The van der Waals surface area contributed by atoms with E-state index in [0.29, 0.717) is 6.07 Å². The van der Waals surface area contributed by atoms with E-state index in [2.05, 4.69) is 15.9 Å². The van der Waals surface area contributed by atoms with Gasteiger partial charge in [-0.1, -0.05) is 15.9 Å². The molecular weight excluding hydrogens is 342 g/mol. The number of benzene rings is 2. The number of carbonyl (C=O) groups excluding carboxylic acids is 1. The number of carbonyl (C=O) groups is 1. The summed E-state index contributed by atoms with van der Waals surface area (Å²) in [4.78, 5) is 11.7. The quantitative estimate of drug-likeness (QED) is 0.808. The Balaban J connectivity index is 2.32. The minimum Gasteiger partial charge on any atom is -0.317 e. The van der Waals surface area contributed by atoms with Gasteiger partial charge < -0.3 is 5.32 Å². The third-order valence-electron chi connectivity index (χ3n) is 2.37. The molecule has 2 aromatic carbocycles. The van der Waals surface area contributed by atoms with Crippen LogP contribution in [0.5, 0.6) is 0 Å². The molecule has 1 amide bonds. The van der Waals surface area contributed by atoms with E-state index >= 15 is 0 Å². The summed E-state index contributed by atoms with van der Waals surface area (Å²) in [5, 5.41) is 1.93. The van der Waals surface area contributed by atoms with E-state index < -0.39 is 34.9 Å². The van der Waals surface area contributed by atoms with Crippen LogP contribution in [-0.4, -0.2) is 5.91 Å². The van der Waals surface area contributed by atoms with Crippen molar-refractivity contribution in [1.29, 1.82) is 0 Å². The summed E-state index contributed by atoms with van der Waals surface area (Å²) in [5.74, 6) is -4.98. The molecule has 0 saturated carbocycles. The lowest BCUT2D eigenvalue weighted by atomic mass is 10.2. The molecule has 0 spiro atoms. The molecule has 0 unspecified atom stereocenters. The van der Waals surface area contributed by atoms with Crippen molar-refractivity contribution in [3.8, 4) is 0 Å². The molecule has 2 nitrogen and oxygen atoms in total. The lowest BCUT2D eigenvalue weighted by Crippen LogP contribution is -2.15. The molecule has 2 aromatic rings. The molecule has 20 heavy (non-hydrogen) atoms. The zero-order valence-electron chi connectivity index (χ0n) is 9.68. The smallest absolute Gasteiger partial charge is 0.256 e. The van der Waals surface area contributed by atoms with E-state index in [4.69, 9.17) is 0 Å². The van der Waals surface area contributed by atoms with Crippen molar-refractivity contribution in [2.24, 2.45) is 0 Å². The van der Waals surface area contributed by atoms with Gasteiger partial charge >= 0.3 is 0 Å². The van der Waals surface area contributed by atoms with Crippen LogP contribution in [-0.2, 0) is 0 Å². The lowest BCUT2D eigenvalue weighted by Gasteiger charge is -2.08. The maximum absolute atomic E-state index is 13.5. The Morgan fingerprint density at radius 1 is 0.900 bits per heavy atom. The molecule has 1 N–H and O–H groups in total. The van der Waals surface area contributed by atoms with Crippen LogP contribution in [0.15, 0.2) is 34.8 Å². The van der Waals surface area contributed by atoms with Crippen LogP contribution in [0.3, 0.4) is 0 Å². The number of hydrogen-bond acceptors (Lipinski definition) is 1. The van der Waals surface area contributed by atoms with Crippen LogP contribution in [0.1, 0.15) is 10.4 Å². The van der Waals surface area contributed by atoms with E-state index in [-0.39, 0.29) is 10.0 Å². The minimum absolute atomic E-state index is 0.155. The van der Waals surface area contributed by atoms with Crippen molar-refractivity contribution in [2.75, 3.05) is 5.32 Å². The zero-order valence-corrected chi connectivity index (χ0v) is 11.3. The van der Waals surface area contributed by atoms with Gasteiger partial charge in [0.05, 0.1) is 0 Å². The van der Waals surface area contributed by atoms with Crippen LogP contribution in [0.2, 0.25) is 0 Å². The number of amides is 1. The molecule has 0 aromatic heterocycles. The molecule has 0 saturated heterocycles. The highest BCUT2D eigenvalue weighted by atomic mass is 79.9. The maximum atomic E-state index is 13.5. The zero-order chi connectivity index (χ0) is 14.9. The van der Waals surface area contributed by atoms with Crippen molar-refractivity contribution < 1.29 is 22.4 Å². The molecule has 2 rings (SSSR count). The number of hydrogen-bond donors (Lipinski definition) is 1. The van der Waals surface area contributed by atoms with Gasteiger partial charge in [-0.3, -0.25) is 4.79 Å². The topological polar surface area (TPSA) is 29.1 Å². The molecule has 7 heteroatoms. The number of halogens is 5. The molecule has 0 aliphatic heterocycles. The van der Waals surface area contributed by atoms with E-state index in [1.54, 1.807) is 0 Å². The SMILES string of the molecule is O=C(Nc1c(F)cc(Br)cc1F)c1cc(F)cc(F)c1. The predicted octanol–water partition coefficient (Wildman–Crippen LogP) is 4.26. The van der Waals surface area contributed by atoms with Crippen LogP contribution in [0, 0.1) is 23.3 Å². The van der Waals surface area contributed by atoms with Gasteiger partial charge in [-0.05, 0) is 24.3 Å². The highest BCUT2D eigenvalue weighted by Crippen LogP contribution is 2.24. The monoisotopic (exact) mass is 347 g/mol. The number of anilines is 1. The number of nitrogens with one attached hydrogen (secondary N) is 1. The summed E-state index contributed by atoms with van der Waals surface area (Å²) in [6, 6.07) is 3.99. The summed E-state index contributed by atoms with van der Waals surface area (Å²) in [6.07, 6.45) is 0. The van der Waals surface area contributed by atoms with Crippen molar-refractivity contribution in [3.05, 3.63) is 63.6 Å². The third kappa shape index (κ3) is 3.16. The Morgan fingerprint density at radius 3 is 1.90 bits per heavy atom. The van der Waals surface area contributed by atoms with Crippen molar-refractivity contribution in [3.63, 3.8) is 0 Å². The molecule has 0 atom stereocenters. The second-order valence-corrected chi connectivity index (χ2v) is 4.77.